The molecule has 0 aromatic heterocycles. The Morgan fingerprint density at radius 1 is 1.21 bits per heavy atom. The lowest BCUT2D eigenvalue weighted by Crippen LogP contribution is -2.46. The third-order valence-corrected chi connectivity index (χ3v) is 3.79. The Morgan fingerprint density at radius 3 is 2.64 bits per heavy atom. The van der Waals surface area contributed by atoms with Crippen LogP contribution in [-0.4, -0.2) is 24.5 Å². The van der Waals surface area contributed by atoms with Gasteiger partial charge < -0.3 is 4.90 Å². The Bertz CT molecular complexity index is 298. The van der Waals surface area contributed by atoms with E-state index in [2.05, 4.69) is 29.2 Å². The quantitative estimate of drug-likeness (QED) is 0.650. The van der Waals surface area contributed by atoms with Gasteiger partial charge >= 0.3 is 0 Å². The first kappa shape index (κ1) is 8.49. The van der Waals surface area contributed by atoms with Crippen molar-refractivity contribution in [2.45, 2.75) is 18.8 Å². The van der Waals surface area contributed by atoms with Crippen LogP contribution in [0.5, 0.6) is 0 Å². The topological polar surface area (TPSA) is 3.24 Å². The van der Waals surface area contributed by atoms with Crippen LogP contribution in [0.3, 0.4) is 0 Å². The Labute approximate surface area is 85.7 Å². The maximum atomic E-state index is 3.40. The van der Waals surface area contributed by atoms with Crippen molar-refractivity contribution in [3.05, 3.63) is 35.9 Å². The second-order valence-electron chi connectivity index (χ2n) is 4.56. The molecule has 1 aromatic rings. The predicted octanol–water partition coefficient (Wildman–Crippen LogP) is 2.30. The van der Waals surface area contributed by atoms with Crippen molar-refractivity contribution >= 4 is 0 Å². The Balaban J connectivity index is 1.86. The van der Waals surface area contributed by atoms with Gasteiger partial charge in [-0.25, -0.2) is 0 Å². The zero-order valence-corrected chi connectivity index (χ0v) is 8.45. The zero-order chi connectivity index (χ0) is 9.38. The van der Waals surface area contributed by atoms with Gasteiger partial charge in [0.05, 0.1) is 0 Å². The second-order valence-corrected chi connectivity index (χ2v) is 4.56. The minimum Gasteiger partial charge on any atom is -0.303 e. The Kier molecular flexibility index (Phi) is 2.06. The van der Waals surface area contributed by atoms with E-state index in [1.807, 2.05) is 6.07 Å². The summed E-state index contributed by atoms with van der Waals surface area (Å²) < 4.78 is 0. The van der Waals surface area contributed by atoms with Crippen LogP contribution in [0.25, 0.3) is 0 Å². The molecular formula is C13H16N. The Hall–Kier alpha value is -0.820. The molecule has 1 heteroatoms. The molecule has 0 spiro atoms. The lowest BCUT2D eigenvalue weighted by Gasteiger charge is -2.45. The number of nitrogens with zero attached hydrogens (tertiary/aromatic N) is 1. The molecule has 1 radical (unpaired) electrons. The molecule has 1 aromatic carbocycles. The third-order valence-electron chi connectivity index (χ3n) is 3.79. The highest BCUT2D eigenvalue weighted by atomic mass is 15.1. The van der Waals surface area contributed by atoms with Gasteiger partial charge in [0.1, 0.15) is 0 Å². The van der Waals surface area contributed by atoms with Crippen LogP contribution in [0.1, 0.15) is 24.3 Å². The number of fused-ring (bicyclic) bond motifs is 3. The normalized spacial score (nSPS) is 35.9. The molecule has 0 aliphatic carbocycles. The molecule has 3 aliphatic rings. The summed E-state index contributed by atoms with van der Waals surface area (Å²) in [5.41, 5.74) is 1.43. The van der Waals surface area contributed by atoms with Gasteiger partial charge in [0.15, 0.2) is 0 Å². The van der Waals surface area contributed by atoms with Gasteiger partial charge in [-0.05, 0) is 43.5 Å². The number of piperidine rings is 3. The molecule has 73 valence electrons. The fraction of sp³-hybridized carbons (Fsp3) is 0.538. The summed E-state index contributed by atoms with van der Waals surface area (Å²) in [6, 6.07) is 11.9. The van der Waals surface area contributed by atoms with E-state index in [0.717, 1.165) is 11.8 Å². The first-order chi connectivity index (χ1) is 6.93. The summed E-state index contributed by atoms with van der Waals surface area (Å²) >= 11 is 0. The summed E-state index contributed by atoms with van der Waals surface area (Å²) in [4.78, 5) is 2.60. The second kappa shape index (κ2) is 3.39. The van der Waals surface area contributed by atoms with E-state index in [1.54, 1.807) is 0 Å². The largest absolute Gasteiger partial charge is 0.303 e. The Morgan fingerprint density at radius 2 is 2.07 bits per heavy atom. The monoisotopic (exact) mass is 186 g/mol. The predicted molar refractivity (Wildman–Crippen MR) is 57.2 cm³/mol. The van der Waals surface area contributed by atoms with Gasteiger partial charge in [0, 0.05) is 12.5 Å². The lowest BCUT2D eigenvalue weighted by atomic mass is 9.75. The molecule has 0 N–H and O–H groups in total. The van der Waals surface area contributed by atoms with E-state index in [4.69, 9.17) is 0 Å². The van der Waals surface area contributed by atoms with Crippen LogP contribution < -0.4 is 0 Å². The van der Waals surface area contributed by atoms with Crippen molar-refractivity contribution in [3.63, 3.8) is 0 Å². The maximum absolute atomic E-state index is 3.40. The number of benzene rings is 1. The first-order valence-corrected chi connectivity index (χ1v) is 5.62. The van der Waals surface area contributed by atoms with E-state index >= 15 is 0 Å². The molecule has 3 heterocycles. The molecule has 1 nitrogen and oxygen atoms in total. The fourth-order valence-electron chi connectivity index (χ4n) is 2.96. The van der Waals surface area contributed by atoms with Crippen molar-refractivity contribution in [1.82, 2.24) is 4.90 Å². The van der Waals surface area contributed by atoms with Gasteiger partial charge in [-0.3, -0.25) is 0 Å². The van der Waals surface area contributed by atoms with Crippen LogP contribution in [0.15, 0.2) is 24.3 Å². The van der Waals surface area contributed by atoms with Gasteiger partial charge in [0.2, 0.25) is 0 Å². The van der Waals surface area contributed by atoms with Crippen LogP contribution in [0, 0.1) is 12.0 Å². The van der Waals surface area contributed by atoms with Crippen molar-refractivity contribution < 1.29 is 0 Å². The molecule has 3 aliphatic heterocycles. The van der Waals surface area contributed by atoms with E-state index < -0.39 is 0 Å². The van der Waals surface area contributed by atoms with Crippen molar-refractivity contribution in [2.75, 3.05) is 19.6 Å². The molecule has 3 fully saturated rings. The van der Waals surface area contributed by atoms with Crippen molar-refractivity contribution in [1.29, 1.82) is 0 Å². The van der Waals surface area contributed by atoms with E-state index in [9.17, 15) is 0 Å². The van der Waals surface area contributed by atoms with E-state index in [0.29, 0.717) is 0 Å². The summed E-state index contributed by atoms with van der Waals surface area (Å²) in [6.07, 6.45) is 2.79. The van der Waals surface area contributed by atoms with Gasteiger partial charge in [-0.1, -0.05) is 24.3 Å². The molecule has 0 amide bonds. The highest BCUT2D eigenvalue weighted by molar-refractivity contribution is 5.21. The number of rotatable bonds is 1. The molecule has 1 unspecified atom stereocenters. The van der Waals surface area contributed by atoms with Crippen LogP contribution in [0.4, 0.5) is 0 Å². The summed E-state index contributed by atoms with van der Waals surface area (Å²) in [5.74, 6) is 1.69. The third kappa shape index (κ3) is 1.36. The van der Waals surface area contributed by atoms with Crippen LogP contribution in [-0.2, 0) is 0 Å². The smallest absolute Gasteiger partial charge is 0.00532 e. The number of hydrogen-bond donors (Lipinski definition) is 0. The highest BCUT2D eigenvalue weighted by Crippen LogP contribution is 2.38. The number of hydrogen-bond acceptors (Lipinski definition) is 1. The standard InChI is InChI=1S/C13H16N/c1-2-4-11(5-3-1)13-10-14-8-6-12(13)7-9-14/h1-4,12-13H,6-10H2. The average Bonchev–Trinajstić information content (AvgIpc) is 2.32. The highest BCUT2D eigenvalue weighted by Gasteiger charge is 2.34. The fourth-order valence-corrected chi connectivity index (χ4v) is 2.96. The maximum Gasteiger partial charge on any atom is 0.00532 e. The summed E-state index contributed by atoms with van der Waals surface area (Å²) in [6.45, 7) is 3.92. The van der Waals surface area contributed by atoms with Crippen LogP contribution in [0.2, 0.25) is 0 Å². The molecular weight excluding hydrogens is 170 g/mol. The van der Waals surface area contributed by atoms with E-state index in [-0.39, 0.29) is 0 Å². The lowest BCUT2D eigenvalue weighted by molar-refractivity contribution is 0.0870. The summed E-state index contributed by atoms with van der Waals surface area (Å²) in [5, 5.41) is 0. The van der Waals surface area contributed by atoms with Crippen LogP contribution >= 0.6 is 0 Å². The molecule has 1 atom stereocenters. The molecule has 4 rings (SSSR count). The molecule has 3 saturated heterocycles. The zero-order valence-electron chi connectivity index (χ0n) is 8.45. The molecule has 2 bridgehead atoms. The minimum absolute atomic E-state index is 0.763. The van der Waals surface area contributed by atoms with Crippen molar-refractivity contribution in [2.24, 2.45) is 5.92 Å². The van der Waals surface area contributed by atoms with Gasteiger partial charge in [0.25, 0.3) is 0 Å². The minimum atomic E-state index is 0.763. The average molecular weight is 186 g/mol. The van der Waals surface area contributed by atoms with Gasteiger partial charge in [-0.15, -0.1) is 0 Å². The van der Waals surface area contributed by atoms with Crippen molar-refractivity contribution in [3.8, 4) is 0 Å². The SMILES string of the molecule is [c]1ccccc1C1CN2CCC1CC2. The molecule has 0 saturated carbocycles. The summed E-state index contributed by atoms with van der Waals surface area (Å²) in [7, 11) is 0. The first-order valence-electron chi connectivity index (χ1n) is 5.62. The van der Waals surface area contributed by atoms with Gasteiger partial charge in [-0.2, -0.15) is 0 Å². The van der Waals surface area contributed by atoms with E-state index in [1.165, 1.54) is 38.0 Å². The molecule has 14 heavy (non-hydrogen) atoms.